The van der Waals surface area contributed by atoms with Gasteiger partial charge in [0.15, 0.2) is 11.7 Å². The Hall–Kier alpha value is -5.04. The van der Waals surface area contributed by atoms with Crippen LogP contribution in [-0.2, 0) is 14.3 Å². The van der Waals surface area contributed by atoms with Gasteiger partial charge in [0, 0.05) is 40.3 Å². The highest BCUT2D eigenvalue weighted by Gasteiger charge is 2.32. The molecule has 0 fully saturated rings. The molecule has 0 radical (unpaired) electrons. The first-order valence-corrected chi connectivity index (χ1v) is 13.4. The molecule has 0 unspecified atom stereocenters. The summed E-state index contributed by atoms with van der Waals surface area (Å²) in [6.07, 6.45) is 1.50. The predicted molar refractivity (Wildman–Crippen MR) is 161 cm³/mol. The van der Waals surface area contributed by atoms with Gasteiger partial charge in [0.1, 0.15) is 5.75 Å². The molecule has 1 aliphatic rings. The first-order valence-electron chi connectivity index (χ1n) is 13.0. The summed E-state index contributed by atoms with van der Waals surface area (Å²) in [5.74, 6) is -0.608. The fraction of sp³-hybridized carbons (Fsp3) is 0.241. The van der Waals surface area contributed by atoms with Crippen LogP contribution in [0.2, 0.25) is 0 Å². The van der Waals surface area contributed by atoms with Crippen LogP contribution in [0.4, 0.5) is 5.69 Å². The third kappa shape index (κ3) is 6.63. The molecule has 42 heavy (non-hydrogen) atoms. The smallest absolute Gasteiger partial charge is 0.338 e. The summed E-state index contributed by atoms with van der Waals surface area (Å²) in [4.78, 5) is 36.1. The van der Waals surface area contributed by atoms with E-state index in [4.69, 9.17) is 21.7 Å². The highest BCUT2D eigenvalue weighted by molar-refractivity contribution is 7.80. The second kappa shape index (κ2) is 13.1. The van der Waals surface area contributed by atoms with Crippen LogP contribution >= 0.6 is 12.2 Å². The lowest BCUT2D eigenvalue weighted by molar-refractivity contribution is -0.384. The number of nitrogens with zero attached hydrogens (tertiary/aromatic N) is 3. The normalized spacial score (nSPS) is 14.8. The number of nitro benzene ring substituents is 1. The molecule has 0 saturated carbocycles. The zero-order chi connectivity index (χ0) is 30.4. The van der Waals surface area contributed by atoms with Crippen LogP contribution in [0.5, 0.6) is 5.75 Å². The molecule has 0 bridgehead atoms. The number of para-hydroxylation sites is 1. The van der Waals surface area contributed by atoms with Crippen LogP contribution in [0.15, 0.2) is 71.0 Å². The fourth-order valence-electron chi connectivity index (χ4n) is 4.67. The Morgan fingerprint density at radius 2 is 1.93 bits per heavy atom. The number of thiocarbonyl (C=S) groups is 1. The summed E-state index contributed by atoms with van der Waals surface area (Å²) < 4.78 is 12.9. The highest BCUT2D eigenvalue weighted by atomic mass is 32.1. The summed E-state index contributed by atoms with van der Waals surface area (Å²) in [6.45, 7) is 7.07. The molecule has 2 heterocycles. The molecule has 4 rings (SSSR count). The van der Waals surface area contributed by atoms with E-state index in [0.29, 0.717) is 33.4 Å². The summed E-state index contributed by atoms with van der Waals surface area (Å²) in [7, 11) is 0. The number of hydrogen-bond acceptors (Lipinski definition) is 8. The quantitative estimate of drug-likeness (QED) is 0.105. The topological polar surface area (TPSA) is 149 Å². The van der Waals surface area contributed by atoms with Gasteiger partial charge in [0.05, 0.1) is 35.0 Å². The summed E-state index contributed by atoms with van der Waals surface area (Å²) in [6, 6.07) is 14.6. The van der Waals surface area contributed by atoms with Crippen molar-refractivity contribution in [3.05, 3.63) is 98.5 Å². The average Bonchev–Trinajstić information content (AvgIpc) is 3.24. The van der Waals surface area contributed by atoms with E-state index >= 15 is 0 Å². The Labute approximate surface area is 247 Å². The van der Waals surface area contributed by atoms with Crippen molar-refractivity contribution in [3.8, 4) is 11.4 Å². The first kappa shape index (κ1) is 29.9. The van der Waals surface area contributed by atoms with Crippen molar-refractivity contribution in [2.24, 2.45) is 5.10 Å². The lowest BCUT2D eigenvalue weighted by Crippen LogP contribution is -2.45. The number of benzene rings is 2. The van der Waals surface area contributed by atoms with Gasteiger partial charge >= 0.3 is 5.97 Å². The Balaban J connectivity index is 1.45. The van der Waals surface area contributed by atoms with Gasteiger partial charge < -0.3 is 24.7 Å². The summed E-state index contributed by atoms with van der Waals surface area (Å²) in [5.41, 5.74) is 6.99. The Morgan fingerprint density at radius 3 is 2.67 bits per heavy atom. The largest absolute Gasteiger partial charge is 0.483 e. The van der Waals surface area contributed by atoms with E-state index in [2.05, 4.69) is 21.2 Å². The van der Waals surface area contributed by atoms with Crippen LogP contribution in [0, 0.1) is 24.0 Å². The molecule has 1 amide bonds. The van der Waals surface area contributed by atoms with E-state index in [9.17, 15) is 19.7 Å². The Kier molecular flexibility index (Phi) is 9.32. The molecule has 13 heteroatoms. The van der Waals surface area contributed by atoms with Crippen molar-refractivity contribution < 1.29 is 24.0 Å². The average molecular weight is 591 g/mol. The maximum atomic E-state index is 12.7. The van der Waals surface area contributed by atoms with E-state index < -0.39 is 22.8 Å². The molecule has 3 N–H and O–H groups in total. The minimum atomic E-state index is -0.642. The van der Waals surface area contributed by atoms with Gasteiger partial charge in [-0.2, -0.15) is 5.10 Å². The number of non-ortho nitro benzene ring substituents is 1. The van der Waals surface area contributed by atoms with Gasteiger partial charge in [-0.05, 0) is 58.1 Å². The molecule has 0 spiro atoms. The number of hydrazone groups is 1. The molecule has 3 aromatic rings. The second-order valence-corrected chi connectivity index (χ2v) is 9.76. The van der Waals surface area contributed by atoms with Crippen LogP contribution in [0.25, 0.3) is 5.69 Å². The van der Waals surface area contributed by atoms with Crippen molar-refractivity contribution in [1.82, 2.24) is 20.6 Å². The van der Waals surface area contributed by atoms with Crippen LogP contribution in [0.3, 0.4) is 0 Å². The minimum absolute atomic E-state index is 0.00836. The number of nitrogens with one attached hydrogen (secondary N) is 3. The summed E-state index contributed by atoms with van der Waals surface area (Å²) >= 11 is 5.31. The first-order chi connectivity index (χ1) is 20.1. The molecule has 0 saturated heterocycles. The van der Waals surface area contributed by atoms with Gasteiger partial charge in [-0.25, -0.2) is 10.2 Å². The fourth-order valence-corrected chi connectivity index (χ4v) is 4.94. The number of aromatic nitrogens is 1. The van der Waals surface area contributed by atoms with E-state index in [1.165, 1.54) is 18.3 Å². The second-order valence-electron chi connectivity index (χ2n) is 9.35. The van der Waals surface area contributed by atoms with Crippen LogP contribution in [0.1, 0.15) is 42.4 Å². The minimum Gasteiger partial charge on any atom is -0.483 e. The van der Waals surface area contributed by atoms with Gasteiger partial charge in [-0.3, -0.25) is 14.9 Å². The predicted octanol–water partition coefficient (Wildman–Crippen LogP) is 3.89. The van der Waals surface area contributed by atoms with Gasteiger partial charge in [0.25, 0.3) is 11.6 Å². The maximum Gasteiger partial charge on any atom is 0.338 e. The number of esters is 1. The van der Waals surface area contributed by atoms with E-state index in [0.717, 1.165) is 17.0 Å². The number of aryl methyl sites for hydroxylation is 1. The monoisotopic (exact) mass is 590 g/mol. The molecule has 1 aliphatic heterocycles. The van der Waals surface area contributed by atoms with Crippen molar-refractivity contribution in [2.75, 3.05) is 13.2 Å². The van der Waals surface area contributed by atoms with Crippen molar-refractivity contribution >= 4 is 41.1 Å². The Morgan fingerprint density at radius 1 is 1.17 bits per heavy atom. The van der Waals surface area contributed by atoms with E-state index in [-0.39, 0.29) is 18.9 Å². The zero-order valence-corrected chi connectivity index (χ0v) is 24.3. The molecular weight excluding hydrogens is 560 g/mol. The number of amides is 1. The molecule has 1 atom stereocenters. The number of ether oxygens (including phenoxy) is 2. The number of allylic oxidation sites excluding steroid dienone is 1. The van der Waals surface area contributed by atoms with Crippen LogP contribution in [-0.4, -0.2) is 45.9 Å². The van der Waals surface area contributed by atoms with Crippen molar-refractivity contribution in [1.29, 1.82) is 0 Å². The standard InChI is InChI=1S/C29H30N6O6S/c1-5-40-28(37)26-18(3)31-29(42)32-27(26)23-11-6-7-12-24(23)41-16-25(36)33-30-15-20-13-17(2)34(19(20)4)21-9-8-10-22(14-21)35(38)39/h6-15,27H,5,16H2,1-4H3,(H,33,36)(H2,31,32,42)/t27-/m0/s1. The van der Waals surface area contributed by atoms with Gasteiger partial charge in [0.2, 0.25) is 0 Å². The molecule has 1 aromatic heterocycles. The van der Waals surface area contributed by atoms with Crippen LogP contribution < -0.4 is 20.8 Å². The lowest BCUT2D eigenvalue weighted by atomic mass is 9.95. The van der Waals surface area contributed by atoms with Gasteiger partial charge in [-0.15, -0.1) is 0 Å². The van der Waals surface area contributed by atoms with E-state index in [1.807, 2.05) is 24.5 Å². The molecule has 218 valence electrons. The number of carbonyl (C=O) groups is 2. The zero-order valence-electron chi connectivity index (χ0n) is 23.5. The lowest BCUT2D eigenvalue weighted by Gasteiger charge is -2.30. The molecular formula is C29H30N6O6S. The Bertz CT molecular complexity index is 1610. The highest BCUT2D eigenvalue weighted by Crippen LogP contribution is 2.33. The number of hydrogen-bond donors (Lipinski definition) is 3. The van der Waals surface area contributed by atoms with Gasteiger partial charge in [-0.1, -0.05) is 24.3 Å². The third-order valence-corrected chi connectivity index (χ3v) is 6.74. The van der Waals surface area contributed by atoms with E-state index in [1.54, 1.807) is 50.2 Å². The third-order valence-electron chi connectivity index (χ3n) is 6.52. The maximum absolute atomic E-state index is 12.7. The number of carbonyl (C=O) groups excluding carboxylic acids is 2. The molecule has 0 aliphatic carbocycles. The van der Waals surface area contributed by atoms with Crippen molar-refractivity contribution in [3.63, 3.8) is 0 Å². The number of rotatable bonds is 10. The summed E-state index contributed by atoms with van der Waals surface area (Å²) in [5, 5.41) is 21.6. The number of nitro groups is 1. The molecule has 2 aromatic carbocycles. The molecule has 12 nitrogen and oxygen atoms in total. The SMILES string of the molecule is CCOC(=O)C1=C(C)NC(=S)N[C@H]1c1ccccc1OCC(=O)NN=Cc1cc(C)n(-c2cccc([N+](=O)[O-])c2)c1C. The van der Waals surface area contributed by atoms with Crippen molar-refractivity contribution in [2.45, 2.75) is 33.7 Å².